The van der Waals surface area contributed by atoms with E-state index >= 15 is 0 Å². The first-order chi connectivity index (χ1) is 11.3. The maximum Gasteiger partial charge on any atom is 0.412 e. The van der Waals surface area contributed by atoms with E-state index in [-0.39, 0.29) is 23.8 Å². The van der Waals surface area contributed by atoms with Crippen LogP contribution in [0.25, 0.3) is 0 Å². The fraction of sp³-hybridized carbons (Fsp3) is 0.579. The van der Waals surface area contributed by atoms with Crippen molar-refractivity contribution >= 4 is 11.6 Å². The predicted molar refractivity (Wildman–Crippen MR) is 91.6 cm³/mol. The van der Waals surface area contributed by atoms with Gasteiger partial charge in [0.2, 0.25) is 0 Å². The molecule has 134 valence electrons. The zero-order valence-corrected chi connectivity index (χ0v) is 14.9. The van der Waals surface area contributed by atoms with Crippen molar-refractivity contribution < 1.29 is 17.9 Å². The molecule has 1 aliphatic rings. The van der Waals surface area contributed by atoms with E-state index in [4.69, 9.17) is 16.3 Å². The quantitative estimate of drug-likeness (QED) is 0.519. The summed E-state index contributed by atoms with van der Waals surface area (Å²) in [6.07, 6.45) is 1.56. The van der Waals surface area contributed by atoms with E-state index in [1.54, 1.807) is 19.2 Å². The second kappa shape index (κ2) is 8.28. The Morgan fingerprint density at radius 3 is 2.62 bits per heavy atom. The summed E-state index contributed by atoms with van der Waals surface area (Å²) in [5, 5.41) is 0.500. The summed E-state index contributed by atoms with van der Waals surface area (Å²) >= 11 is 6.13. The molecule has 1 aliphatic carbocycles. The lowest BCUT2D eigenvalue weighted by atomic mass is 9.77. The Kier molecular flexibility index (Phi) is 6.62. The molecule has 0 N–H and O–H groups in total. The highest BCUT2D eigenvalue weighted by molar-refractivity contribution is 6.32. The van der Waals surface area contributed by atoms with Crippen molar-refractivity contribution in [2.24, 2.45) is 11.8 Å². The van der Waals surface area contributed by atoms with Crippen LogP contribution in [0.2, 0.25) is 5.02 Å². The third-order valence-electron chi connectivity index (χ3n) is 4.61. The van der Waals surface area contributed by atoms with Gasteiger partial charge in [-0.3, -0.25) is 0 Å². The second-order valence-electron chi connectivity index (χ2n) is 6.57. The van der Waals surface area contributed by atoms with Gasteiger partial charge in [0.1, 0.15) is 5.75 Å². The van der Waals surface area contributed by atoms with Crippen LogP contribution in [0.15, 0.2) is 29.8 Å². The first kappa shape index (κ1) is 19.2. The van der Waals surface area contributed by atoms with Crippen LogP contribution < -0.4 is 4.74 Å². The van der Waals surface area contributed by atoms with Crippen LogP contribution in [0.3, 0.4) is 0 Å². The molecular formula is C19H24ClF3O. The molecule has 24 heavy (non-hydrogen) atoms. The molecule has 0 bridgehead atoms. The van der Waals surface area contributed by atoms with Crippen molar-refractivity contribution in [1.29, 1.82) is 0 Å². The highest BCUT2D eigenvalue weighted by Crippen LogP contribution is 2.40. The lowest BCUT2D eigenvalue weighted by Gasteiger charge is -2.30. The molecule has 0 radical (unpaired) electrons. The van der Waals surface area contributed by atoms with E-state index in [0.717, 1.165) is 31.2 Å². The van der Waals surface area contributed by atoms with E-state index in [0.29, 0.717) is 17.2 Å². The van der Waals surface area contributed by atoms with Gasteiger partial charge in [0, 0.05) is 5.57 Å². The first-order valence-corrected chi connectivity index (χ1v) is 8.81. The third kappa shape index (κ3) is 5.17. The molecule has 0 saturated heterocycles. The van der Waals surface area contributed by atoms with Crippen LogP contribution in [0.5, 0.6) is 5.75 Å². The summed E-state index contributed by atoms with van der Waals surface area (Å²) in [5.74, 6) is 0.604. The number of ether oxygens (including phenoxy) is 1. The first-order valence-electron chi connectivity index (χ1n) is 8.43. The molecule has 2 rings (SSSR count). The van der Waals surface area contributed by atoms with Gasteiger partial charge in [0.25, 0.3) is 0 Å². The van der Waals surface area contributed by atoms with Crippen molar-refractivity contribution in [2.75, 3.05) is 7.11 Å². The number of benzene rings is 1. The van der Waals surface area contributed by atoms with Gasteiger partial charge in [-0.1, -0.05) is 43.5 Å². The standard InChI is InChI=1S/C19H24ClF3O/c1-3-4-5-13-8-15(11-16(10-13)19(21,22)23)9-14-6-7-18(24-2)17(20)12-14/h6-7,10,12-13,15H,3-5,8-9,11H2,1-2H3. The lowest BCUT2D eigenvalue weighted by Crippen LogP contribution is -2.24. The Balaban J connectivity index is 2.12. The largest absolute Gasteiger partial charge is 0.495 e. The Morgan fingerprint density at radius 2 is 2.04 bits per heavy atom. The minimum atomic E-state index is -4.22. The third-order valence-corrected chi connectivity index (χ3v) is 4.91. The molecule has 0 heterocycles. The van der Waals surface area contributed by atoms with Crippen molar-refractivity contribution in [2.45, 2.75) is 51.6 Å². The molecule has 1 nitrogen and oxygen atoms in total. The molecule has 0 aromatic heterocycles. The van der Waals surface area contributed by atoms with Gasteiger partial charge in [-0.2, -0.15) is 13.2 Å². The SMILES string of the molecule is CCCCC1C=C(C(F)(F)F)CC(Cc2ccc(OC)c(Cl)c2)C1. The number of hydrogen-bond donors (Lipinski definition) is 0. The maximum atomic E-state index is 13.2. The summed E-state index contributed by atoms with van der Waals surface area (Å²) in [4.78, 5) is 0. The molecular weight excluding hydrogens is 337 g/mol. The summed E-state index contributed by atoms with van der Waals surface area (Å²) in [6.45, 7) is 2.06. The van der Waals surface area contributed by atoms with Gasteiger partial charge >= 0.3 is 6.18 Å². The van der Waals surface area contributed by atoms with Gasteiger partial charge in [0.05, 0.1) is 12.1 Å². The van der Waals surface area contributed by atoms with Crippen molar-refractivity contribution in [1.82, 2.24) is 0 Å². The van der Waals surface area contributed by atoms with Crippen LogP contribution in [0.1, 0.15) is 44.6 Å². The lowest BCUT2D eigenvalue weighted by molar-refractivity contribution is -0.0973. The molecule has 0 saturated carbocycles. The topological polar surface area (TPSA) is 9.23 Å². The van der Waals surface area contributed by atoms with Crippen LogP contribution in [0.4, 0.5) is 13.2 Å². The van der Waals surface area contributed by atoms with E-state index in [1.807, 2.05) is 6.07 Å². The zero-order chi connectivity index (χ0) is 17.7. The monoisotopic (exact) mass is 360 g/mol. The number of alkyl halides is 3. The van der Waals surface area contributed by atoms with Gasteiger partial charge < -0.3 is 4.74 Å². The minimum absolute atomic E-state index is 0.00190. The zero-order valence-electron chi connectivity index (χ0n) is 14.1. The minimum Gasteiger partial charge on any atom is -0.495 e. The van der Waals surface area contributed by atoms with Gasteiger partial charge in [-0.05, 0) is 55.2 Å². The normalized spacial score (nSPS) is 21.5. The van der Waals surface area contributed by atoms with Crippen molar-refractivity contribution in [3.8, 4) is 5.75 Å². The Morgan fingerprint density at radius 1 is 1.29 bits per heavy atom. The summed E-state index contributed by atoms with van der Waals surface area (Å²) in [6, 6.07) is 5.46. The number of methoxy groups -OCH3 is 1. The van der Waals surface area contributed by atoms with E-state index in [9.17, 15) is 13.2 Å². The molecule has 1 aromatic carbocycles. The average molecular weight is 361 g/mol. The van der Waals surface area contributed by atoms with Crippen LogP contribution in [-0.2, 0) is 6.42 Å². The van der Waals surface area contributed by atoms with E-state index in [1.165, 1.54) is 6.08 Å². The Hall–Kier alpha value is -1.16. The summed E-state index contributed by atoms with van der Waals surface area (Å²) in [5.41, 5.74) is 0.600. The number of unbranched alkanes of at least 4 members (excludes halogenated alkanes) is 1. The fourth-order valence-electron chi connectivity index (χ4n) is 3.45. The smallest absolute Gasteiger partial charge is 0.412 e. The average Bonchev–Trinajstić information content (AvgIpc) is 2.52. The molecule has 2 atom stereocenters. The maximum absolute atomic E-state index is 13.2. The number of allylic oxidation sites excluding steroid dienone is 2. The molecule has 1 aromatic rings. The molecule has 2 unspecified atom stereocenters. The Labute approximate surface area is 146 Å². The number of halogens is 4. The summed E-state index contributed by atoms with van der Waals surface area (Å²) < 4.78 is 44.7. The van der Waals surface area contributed by atoms with Gasteiger partial charge in [0.15, 0.2) is 0 Å². The Bertz CT molecular complexity index is 580. The van der Waals surface area contributed by atoms with Crippen LogP contribution in [-0.4, -0.2) is 13.3 Å². The predicted octanol–water partition coefficient (Wildman–Crippen LogP) is 6.60. The van der Waals surface area contributed by atoms with E-state index in [2.05, 4.69) is 6.92 Å². The van der Waals surface area contributed by atoms with Crippen LogP contribution >= 0.6 is 11.6 Å². The highest BCUT2D eigenvalue weighted by Gasteiger charge is 2.38. The van der Waals surface area contributed by atoms with Gasteiger partial charge in [-0.15, -0.1) is 0 Å². The number of hydrogen-bond acceptors (Lipinski definition) is 1. The van der Waals surface area contributed by atoms with E-state index < -0.39 is 6.18 Å². The molecule has 0 amide bonds. The van der Waals surface area contributed by atoms with Crippen LogP contribution in [0, 0.1) is 11.8 Å². The fourth-order valence-corrected chi connectivity index (χ4v) is 3.73. The molecule has 0 fully saturated rings. The van der Waals surface area contributed by atoms with Gasteiger partial charge in [-0.25, -0.2) is 0 Å². The molecule has 0 aliphatic heterocycles. The summed E-state index contributed by atoms with van der Waals surface area (Å²) in [7, 11) is 1.54. The highest BCUT2D eigenvalue weighted by atomic mass is 35.5. The second-order valence-corrected chi connectivity index (χ2v) is 6.98. The molecule has 5 heteroatoms. The molecule has 0 spiro atoms. The van der Waals surface area contributed by atoms with Crippen molar-refractivity contribution in [3.63, 3.8) is 0 Å². The number of rotatable bonds is 6. The van der Waals surface area contributed by atoms with Crippen molar-refractivity contribution in [3.05, 3.63) is 40.4 Å².